The topological polar surface area (TPSA) is 49.7 Å². The van der Waals surface area contributed by atoms with E-state index in [4.69, 9.17) is 0 Å². The Bertz CT molecular complexity index is 285. The van der Waals surface area contributed by atoms with Crippen LogP contribution in [0.15, 0.2) is 36.0 Å². The highest BCUT2D eigenvalue weighted by atomic mass is 28.4. The first kappa shape index (κ1) is 10.4. The molecule has 0 bridgehead atoms. The van der Waals surface area contributed by atoms with Gasteiger partial charge in [0.25, 0.3) is 0 Å². The van der Waals surface area contributed by atoms with Crippen molar-refractivity contribution in [2.75, 3.05) is 0 Å². The minimum absolute atomic E-state index is 0.334. The molecule has 1 rings (SSSR count). The second-order valence-corrected chi connectivity index (χ2v) is 5.89. The van der Waals surface area contributed by atoms with Crippen molar-refractivity contribution < 1.29 is 13.7 Å². The molecule has 0 aliphatic rings. The minimum Gasteiger partial charge on any atom is -0.422 e. The Balaban J connectivity index is 2.69. The third kappa shape index (κ3) is 3.66. The van der Waals surface area contributed by atoms with Crippen LogP contribution in [0.2, 0.25) is 0 Å². The number of hydrogen-bond donors (Lipinski definition) is 2. The molecule has 0 saturated carbocycles. The van der Waals surface area contributed by atoms with Gasteiger partial charge >= 0.3 is 8.80 Å². The van der Waals surface area contributed by atoms with Crippen molar-refractivity contribution in [1.29, 1.82) is 0 Å². The summed E-state index contributed by atoms with van der Waals surface area (Å²) in [6.07, 6.45) is 1.66. The number of rotatable bonds is 3. The van der Waals surface area contributed by atoms with E-state index in [9.17, 15) is 9.59 Å². The molecule has 70 valence electrons. The predicted octanol–water partition coefficient (Wildman–Crippen LogP) is -0.540. The molecule has 0 radical (unpaired) electrons. The molecule has 0 atom stereocenters. The van der Waals surface area contributed by atoms with Crippen LogP contribution < -0.4 is 0 Å². The van der Waals surface area contributed by atoms with E-state index >= 15 is 0 Å². The monoisotopic (exact) mass is 212 g/mol. The van der Waals surface area contributed by atoms with Crippen LogP contribution in [0.25, 0.3) is 6.08 Å². The summed E-state index contributed by atoms with van der Waals surface area (Å²) in [5.74, 6) is 0. The minimum atomic E-state index is -3.48. The van der Waals surface area contributed by atoms with Crippen LogP contribution >= 0.6 is 0 Å². The lowest BCUT2D eigenvalue weighted by Gasteiger charge is -2.09. The first-order valence-electron chi connectivity index (χ1n) is 3.88. The van der Waals surface area contributed by atoms with Crippen LogP contribution in [0.4, 0.5) is 0 Å². The summed E-state index contributed by atoms with van der Waals surface area (Å²) in [6.45, 7) is 0. The average molecular weight is 212 g/mol. The van der Waals surface area contributed by atoms with Gasteiger partial charge in [-0.1, -0.05) is 36.4 Å². The Morgan fingerprint density at radius 2 is 1.85 bits per heavy atom. The lowest BCUT2D eigenvalue weighted by atomic mass is 10.2. The number of benzene rings is 1. The maximum Gasteiger partial charge on any atom is 0.513 e. The van der Waals surface area contributed by atoms with Gasteiger partial charge in [0.15, 0.2) is 0 Å². The van der Waals surface area contributed by atoms with E-state index in [2.05, 4.69) is 4.12 Å². The second kappa shape index (κ2) is 4.49. The van der Waals surface area contributed by atoms with E-state index in [1.54, 1.807) is 6.08 Å². The van der Waals surface area contributed by atoms with Gasteiger partial charge in [-0.3, -0.25) is 0 Å². The summed E-state index contributed by atoms with van der Waals surface area (Å²) in [6, 6.07) is 9.45. The molecule has 5 heteroatoms. The van der Waals surface area contributed by atoms with E-state index in [1.165, 1.54) is 5.70 Å². The van der Waals surface area contributed by atoms with Crippen molar-refractivity contribution in [1.82, 2.24) is 0 Å². The van der Waals surface area contributed by atoms with E-state index < -0.39 is 8.80 Å². The first-order chi connectivity index (χ1) is 6.14. The smallest absolute Gasteiger partial charge is 0.422 e. The molecule has 0 fully saturated rings. The Hall–Kier alpha value is -0.726. The van der Waals surface area contributed by atoms with Crippen molar-refractivity contribution in [3.8, 4) is 0 Å². The Labute approximate surface area is 81.2 Å². The van der Waals surface area contributed by atoms with Crippen molar-refractivity contribution in [3.05, 3.63) is 41.6 Å². The van der Waals surface area contributed by atoms with Crippen molar-refractivity contribution in [3.63, 3.8) is 0 Å². The normalized spacial score (nSPS) is 12.5. The molecule has 0 unspecified atom stereocenters. The Kier molecular flexibility index (Phi) is 3.58. The van der Waals surface area contributed by atoms with Gasteiger partial charge < -0.3 is 13.7 Å². The van der Waals surface area contributed by atoms with Crippen molar-refractivity contribution in [2.45, 2.75) is 0 Å². The van der Waals surface area contributed by atoms with Crippen molar-refractivity contribution >= 4 is 25.4 Å². The molecular formula is C8H12O3Si2. The first-order valence-corrected chi connectivity index (χ1v) is 6.58. The fraction of sp³-hybridized carbons (Fsp3) is 0. The van der Waals surface area contributed by atoms with Gasteiger partial charge in [0, 0.05) is 0 Å². The molecule has 3 nitrogen and oxygen atoms in total. The van der Waals surface area contributed by atoms with Gasteiger partial charge in [0.1, 0.15) is 10.5 Å². The molecule has 0 amide bonds. The average Bonchev–Trinajstić information content (AvgIpc) is 2.17. The zero-order valence-electron chi connectivity index (χ0n) is 7.34. The van der Waals surface area contributed by atoms with E-state index in [-0.39, 0.29) is 0 Å². The summed E-state index contributed by atoms with van der Waals surface area (Å²) in [4.78, 5) is 18.4. The fourth-order valence-electron chi connectivity index (χ4n) is 0.837. The van der Waals surface area contributed by atoms with E-state index in [1.807, 2.05) is 30.3 Å². The molecule has 0 aliphatic carbocycles. The standard InChI is InChI=1S/C8H12O3Si2/c9-13(10,11-12)7-6-8-4-2-1-3-5-8/h1-7,9-10H,12H3. The van der Waals surface area contributed by atoms with Crippen LogP contribution in [-0.2, 0) is 4.12 Å². The molecule has 2 N–H and O–H groups in total. The Morgan fingerprint density at radius 3 is 2.38 bits per heavy atom. The zero-order valence-corrected chi connectivity index (χ0v) is 10.3. The summed E-state index contributed by atoms with van der Waals surface area (Å²) >= 11 is 0. The highest BCUT2D eigenvalue weighted by Gasteiger charge is 2.25. The van der Waals surface area contributed by atoms with Crippen LogP contribution in [0.3, 0.4) is 0 Å². The van der Waals surface area contributed by atoms with Gasteiger partial charge in [-0.15, -0.1) is 0 Å². The highest BCUT2D eigenvalue weighted by molar-refractivity contribution is 6.67. The Morgan fingerprint density at radius 1 is 1.23 bits per heavy atom. The second-order valence-electron chi connectivity index (χ2n) is 2.61. The maximum absolute atomic E-state index is 9.20. The third-order valence-electron chi connectivity index (χ3n) is 1.59. The largest absolute Gasteiger partial charge is 0.513 e. The third-order valence-corrected chi connectivity index (χ3v) is 4.60. The van der Waals surface area contributed by atoms with E-state index in [0.29, 0.717) is 10.5 Å². The van der Waals surface area contributed by atoms with Gasteiger partial charge in [-0.25, -0.2) is 0 Å². The van der Waals surface area contributed by atoms with Crippen LogP contribution in [0.1, 0.15) is 5.56 Å². The maximum atomic E-state index is 9.20. The molecule has 1 aromatic rings. The molecule has 13 heavy (non-hydrogen) atoms. The SMILES string of the molecule is O[Si](O)(C=Cc1ccccc1)O[SiH3]. The van der Waals surface area contributed by atoms with Gasteiger partial charge in [0.05, 0.1) is 0 Å². The predicted molar refractivity (Wildman–Crippen MR) is 56.7 cm³/mol. The summed E-state index contributed by atoms with van der Waals surface area (Å²) in [5, 5.41) is 0. The summed E-state index contributed by atoms with van der Waals surface area (Å²) in [7, 11) is -3.14. The molecule has 0 aliphatic heterocycles. The lowest BCUT2D eigenvalue weighted by molar-refractivity contribution is 0.269. The molecule has 0 saturated heterocycles. The molecule has 0 aromatic heterocycles. The molecule has 0 spiro atoms. The number of hydrogen-bond acceptors (Lipinski definition) is 3. The van der Waals surface area contributed by atoms with Gasteiger partial charge in [-0.2, -0.15) is 0 Å². The van der Waals surface area contributed by atoms with Gasteiger partial charge in [0.2, 0.25) is 0 Å². The van der Waals surface area contributed by atoms with Crippen LogP contribution in [0.5, 0.6) is 0 Å². The highest BCUT2D eigenvalue weighted by Crippen LogP contribution is 2.04. The van der Waals surface area contributed by atoms with Crippen molar-refractivity contribution in [2.24, 2.45) is 0 Å². The zero-order chi connectivity index (χ0) is 9.73. The molecule has 0 heterocycles. The van der Waals surface area contributed by atoms with Crippen LogP contribution in [-0.4, -0.2) is 28.9 Å². The quantitative estimate of drug-likeness (QED) is 0.662. The summed E-state index contributed by atoms with van der Waals surface area (Å²) < 4.78 is 4.66. The van der Waals surface area contributed by atoms with Crippen LogP contribution in [0, 0.1) is 0 Å². The summed E-state index contributed by atoms with van der Waals surface area (Å²) in [5.41, 5.74) is 2.27. The molecule has 1 aromatic carbocycles. The lowest BCUT2D eigenvalue weighted by Crippen LogP contribution is -2.35. The fourth-order valence-corrected chi connectivity index (χ4v) is 1.79. The molecular weight excluding hydrogens is 200 g/mol. The van der Waals surface area contributed by atoms with E-state index in [0.717, 1.165) is 5.56 Å². The van der Waals surface area contributed by atoms with Gasteiger partial charge in [-0.05, 0) is 11.3 Å².